The summed E-state index contributed by atoms with van der Waals surface area (Å²) in [6.45, 7) is 5.27. The molecule has 0 saturated heterocycles. The van der Waals surface area contributed by atoms with Crippen LogP contribution in [-0.4, -0.2) is 38.9 Å². The standard InChI is InChI=1S/C12H18N4OS/c1-9(2)8-16(6-3-11(13)18)12(17)10-7-14-4-5-15-10/h4-5,7,9H,3,6,8H2,1-2H3,(H2,13,18). The lowest BCUT2D eigenvalue weighted by atomic mass is 10.2. The highest BCUT2D eigenvalue weighted by Crippen LogP contribution is 2.05. The summed E-state index contributed by atoms with van der Waals surface area (Å²) in [6.07, 6.45) is 5.04. The van der Waals surface area contributed by atoms with E-state index in [4.69, 9.17) is 18.0 Å². The third-order valence-electron chi connectivity index (χ3n) is 2.28. The molecule has 1 heterocycles. The fourth-order valence-electron chi connectivity index (χ4n) is 1.53. The van der Waals surface area contributed by atoms with Crippen molar-refractivity contribution in [1.82, 2.24) is 14.9 Å². The average Bonchev–Trinajstić information content (AvgIpc) is 2.34. The minimum absolute atomic E-state index is 0.131. The van der Waals surface area contributed by atoms with Crippen LogP contribution in [0.1, 0.15) is 30.8 Å². The predicted molar refractivity (Wildman–Crippen MR) is 74.2 cm³/mol. The number of carbonyl (C=O) groups is 1. The van der Waals surface area contributed by atoms with E-state index in [9.17, 15) is 4.79 Å². The Bertz CT molecular complexity index is 408. The van der Waals surface area contributed by atoms with Crippen molar-refractivity contribution >= 4 is 23.1 Å². The third kappa shape index (κ3) is 4.75. The van der Waals surface area contributed by atoms with Crippen molar-refractivity contribution in [3.05, 3.63) is 24.3 Å². The lowest BCUT2D eigenvalue weighted by Gasteiger charge is -2.23. The molecule has 0 radical (unpaired) electrons. The highest BCUT2D eigenvalue weighted by Gasteiger charge is 2.18. The highest BCUT2D eigenvalue weighted by atomic mass is 32.1. The Morgan fingerprint density at radius 1 is 1.50 bits per heavy atom. The first-order valence-electron chi connectivity index (χ1n) is 5.84. The fraction of sp³-hybridized carbons (Fsp3) is 0.500. The molecule has 5 nitrogen and oxygen atoms in total. The smallest absolute Gasteiger partial charge is 0.274 e. The van der Waals surface area contributed by atoms with Gasteiger partial charge in [-0.3, -0.25) is 9.78 Å². The van der Waals surface area contributed by atoms with Gasteiger partial charge < -0.3 is 10.6 Å². The van der Waals surface area contributed by atoms with E-state index >= 15 is 0 Å². The summed E-state index contributed by atoms with van der Waals surface area (Å²) >= 11 is 4.84. The van der Waals surface area contributed by atoms with Gasteiger partial charge in [0.1, 0.15) is 5.69 Å². The summed E-state index contributed by atoms with van der Waals surface area (Å²) in [5, 5.41) is 0. The van der Waals surface area contributed by atoms with Gasteiger partial charge in [0.2, 0.25) is 0 Å². The molecule has 0 bridgehead atoms. The number of rotatable bonds is 6. The van der Waals surface area contributed by atoms with Gasteiger partial charge in [-0.25, -0.2) is 4.98 Å². The zero-order valence-corrected chi connectivity index (χ0v) is 11.5. The van der Waals surface area contributed by atoms with Crippen LogP contribution < -0.4 is 5.73 Å². The van der Waals surface area contributed by atoms with Crippen LogP contribution in [0.25, 0.3) is 0 Å². The Hall–Kier alpha value is -1.56. The van der Waals surface area contributed by atoms with Gasteiger partial charge in [-0.15, -0.1) is 0 Å². The van der Waals surface area contributed by atoms with Gasteiger partial charge in [0, 0.05) is 31.9 Å². The van der Waals surface area contributed by atoms with Crippen molar-refractivity contribution in [2.45, 2.75) is 20.3 Å². The lowest BCUT2D eigenvalue weighted by Crippen LogP contribution is -2.37. The van der Waals surface area contributed by atoms with Crippen LogP contribution in [0.2, 0.25) is 0 Å². The van der Waals surface area contributed by atoms with E-state index in [-0.39, 0.29) is 5.91 Å². The Morgan fingerprint density at radius 3 is 2.72 bits per heavy atom. The SMILES string of the molecule is CC(C)CN(CCC(N)=S)C(=O)c1cnccn1. The number of aromatic nitrogens is 2. The molecule has 1 amide bonds. The van der Waals surface area contributed by atoms with Crippen molar-refractivity contribution in [3.8, 4) is 0 Å². The molecular weight excluding hydrogens is 248 g/mol. The molecule has 0 aliphatic carbocycles. The van der Waals surface area contributed by atoms with Gasteiger partial charge in [0.25, 0.3) is 5.91 Å². The summed E-state index contributed by atoms with van der Waals surface area (Å²) in [5.74, 6) is 0.241. The number of hydrogen-bond acceptors (Lipinski definition) is 4. The molecule has 0 saturated carbocycles. The van der Waals surface area contributed by atoms with Crippen molar-refractivity contribution in [2.75, 3.05) is 13.1 Å². The van der Waals surface area contributed by atoms with Crippen LogP contribution in [0.4, 0.5) is 0 Å². The Balaban J connectivity index is 2.75. The summed E-state index contributed by atoms with van der Waals surface area (Å²) in [6, 6.07) is 0. The Morgan fingerprint density at radius 2 is 2.22 bits per heavy atom. The molecule has 0 aliphatic heterocycles. The predicted octanol–water partition coefficient (Wildman–Crippen LogP) is 1.25. The topological polar surface area (TPSA) is 72.1 Å². The maximum Gasteiger partial charge on any atom is 0.274 e. The molecule has 1 aromatic heterocycles. The molecule has 1 aromatic rings. The summed E-state index contributed by atoms with van der Waals surface area (Å²) in [4.78, 5) is 22.3. The van der Waals surface area contributed by atoms with E-state index < -0.39 is 0 Å². The molecule has 2 N–H and O–H groups in total. The molecule has 18 heavy (non-hydrogen) atoms. The highest BCUT2D eigenvalue weighted by molar-refractivity contribution is 7.80. The number of hydrogen-bond donors (Lipinski definition) is 1. The minimum Gasteiger partial charge on any atom is -0.393 e. The molecule has 0 atom stereocenters. The van der Waals surface area contributed by atoms with Crippen molar-refractivity contribution in [2.24, 2.45) is 11.7 Å². The molecule has 0 spiro atoms. The van der Waals surface area contributed by atoms with E-state index in [2.05, 4.69) is 23.8 Å². The summed E-state index contributed by atoms with van der Waals surface area (Å²) in [7, 11) is 0. The number of amides is 1. The average molecular weight is 266 g/mol. The molecule has 0 unspecified atom stereocenters. The first kappa shape index (κ1) is 14.5. The van der Waals surface area contributed by atoms with E-state index in [1.165, 1.54) is 12.4 Å². The molecule has 0 aromatic carbocycles. The van der Waals surface area contributed by atoms with Crippen molar-refractivity contribution < 1.29 is 4.79 Å². The van der Waals surface area contributed by atoms with E-state index in [0.717, 1.165) is 0 Å². The van der Waals surface area contributed by atoms with Crippen LogP contribution in [0.15, 0.2) is 18.6 Å². The van der Waals surface area contributed by atoms with E-state index in [0.29, 0.717) is 36.1 Å². The Kier molecular flexibility index (Phi) is 5.64. The van der Waals surface area contributed by atoms with Crippen molar-refractivity contribution in [3.63, 3.8) is 0 Å². The van der Waals surface area contributed by atoms with Gasteiger partial charge in [0.05, 0.1) is 11.2 Å². The van der Waals surface area contributed by atoms with Crippen molar-refractivity contribution in [1.29, 1.82) is 0 Å². The minimum atomic E-state index is -0.131. The molecule has 98 valence electrons. The van der Waals surface area contributed by atoms with Gasteiger partial charge in [0.15, 0.2) is 0 Å². The molecule has 1 rings (SSSR count). The quantitative estimate of drug-likeness (QED) is 0.785. The van der Waals surface area contributed by atoms with Gasteiger partial charge in [-0.05, 0) is 5.92 Å². The monoisotopic (exact) mass is 266 g/mol. The number of carbonyl (C=O) groups excluding carboxylic acids is 1. The van der Waals surface area contributed by atoms with E-state index in [1.807, 2.05) is 0 Å². The van der Waals surface area contributed by atoms with Gasteiger partial charge >= 0.3 is 0 Å². The van der Waals surface area contributed by atoms with Crippen LogP contribution in [0, 0.1) is 5.92 Å². The summed E-state index contributed by atoms with van der Waals surface area (Å²) in [5.41, 5.74) is 5.82. The second kappa shape index (κ2) is 7.00. The van der Waals surface area contributed by atoms with Crippen LogP contribution >= 0.6 is 12.2 Å². The van der Waals surface area contributed by atoms with Crippen LogP contribution in [0.3, 0.4) is 0 Å². The fourth-order valence-corrected chi connectivity index (χ4v) is 1.62. The first-order valence-corrected chi connectivity index (χ1v) is 6.25. The first-order chi connectivity index (χ1) is 8.50. The second-order valence-corrected chi connectivity index (χ2v) is 4.98. The maximum absolute atomic E-state index is 12.2. The Labute approximate surface area is 112 Å². The largest absolute Gasteiger partial charge is 0.393 e. The maximum atomic E-state index is 12.2. The third-order valence-corrected chi connectivity index (χ3v) is 2.49. The summed E-state index contributed by atoms with van der Waals surface area (Å²) < 4.78 is 0. The van der Waals surface area contributed by atoms with Crippen LogP contribution in [0.5, 0.6) is 0 Å². The molecule has 0 aliphatic rings. The number of thiocarbonyl (C=S) groups is 1. The molecule has 0 fully saturated rings. The zero-order chi connectivity index (χ0) is 13.5. The zero-order valence-electron chi connectivity index (χ0n) is 10.7. The molecule has 6 heteroatoms. The normalized spacial score (nSPS) is 10.4. The van der Waals surface area contributed by atoms with Gasteiger partial charge in [-0.1, -0.05) is 26.1 Å². The number of nitrogens with zero attached hydrogens (tertiary/aromatic N) is 3. The molecular formula is C12H18N4OS. The number of nitrogens with two attached hydrogens (primary N) is 1. The second-order valence-electron chi connectivity index (χ2n) is 4.45. The van der Waals surface area contributed by atoms with E-state index in [1.54, 1.807) is 11.1 Å². The van der Waals surface area contributed by atoms with Gasteiger partial charge in [-0.2, -0.15) is 0 Å². The lowest BCUT2D eigenvalue weighted by molar-refractivity contribution is 0.0734. The van der Waals surface area contributed by atoms with Crippen LogP contribution in [-0.2, 0) is 0 Å².